The minimum atomic E-state index is -0.133. The van der Waals surface area contributed by atoms with Gasteiger partial charge in [0.15, 0.2) is 0 Å². The highest BCUT2D eigenvalue weighted by atomic mass is 31.1. The number of nitrogens with two attached hydrogens (primary N) is 1. The molecule has 0 aromatic heterocycles. The van der Waals surface area contributed by atoms with Gasteiger partial charge in [0.2, 0.25) is 0 Å². The van der Waals surface area contributed by atoms with Gasteiger partial charge in [0.1, 0.15) is 0 Å². The molecule has 138 valence electrons. The molecule has 0 radical (unpaired) electrons. The first-order chi connectivity index (χ1) is 12.8. The zero-order valence-electron chi connectivity index (χ0n) is 15.9. The predicted octanol–water partition coefficient (Wildman–Crippen LogP) is 6.71. The number of anilines is 1. The lowest BCUT2D eigenvalue weighted by atomic mass is 9.99. The maximum absolute atomic E-state index is 6.56. The third kappa shape index (κ3) is 3.84. The van der Waals surface area contributed by atoms with Gasteiger partial charge in [-0.1, -0.05) is 88.9 Å². The Hall–Kier alpha value is -1.33. The highest BCUT2D eigenvalue weighted by Crippen LogP contribution is 2.56. The normalized spacial score (nSPS) is 19.7. The smallest absolute Gasteiger partial charge is 0.0400 e. The standard InChI is InChI=1S/C24H32NP/c25-22-17-10-18-23(24(22)19-11-4-1-5-12-19)26(20-13-6-2-7-14-20)21-15-8-3-9-16-21/h1,4-5,10-12,17-18,20-21H,2-3,6-9,13-16,25H2. The Labute approximate surface area is 160 Å². The lowest BCUT2D eigenvalue weighted by molar-refractivity contribution is 0.487. The van der Waals surface area contributed by atoms with E-state index in [9.17, 15) is 0 Å². The Bertz CT molecular complexity index is 681. The van der Waals surface area contributed by atoms with E-state index in [1.165, 1.54) is 75.3 Å². The number of benzene rings is 2. The van der Waals surface area contributed by atoms with Crippen LogP contribution >= 0.6 is 7.92 Å². The van der Waals surface area contributed by atoms with E-state index >= 15 is 0 Å². The topological polar surface area (TPSA) is 26.0 Å². The van der Waals surface area contributed by atoms with Crippen molar-refractivity contribution in [3.63, 3.8) is 0 Å². The van der Waals surface area contributed by atoms with Crippen molar-refractivity contribution in [2.24, 2.45) is 0 Å². The van der Waals surface area contributed by atoms with Crippen molar-refractivity contribution in [3.05, 3.63) is 48.5 Å². The molecule has 0 saturated heterocycles. The fourth-order valence-electron chi connectivity index (χ4n) is 5.10. The van der Waals surface area contributed by atoms with Crippen molar-refractivity contribution in [3.8, 4) is 11.1 Å². The summed E-state index contributed by atoms with van der Waals surface area (Å²) in [7, 11) is -0.133. The molecule has 1 nitrogen and oxygen atoms in total. The monoisotopic (exact) mass is 365 g/mol. The van der Waals surface area contributed by atoms with Crippen LogP contribution in [0.15, 0.2) is 48.5 Å². The fraction of sp³-hybridized carbons (Fsp3) is 0.500. The lowest BCUT2D eigenvalue weighted by Crippen LogP contribution is -2.27. The van der Waals surface area contributed by atoms with E-state index < -0.39 is 0 Å². The van der Waals surface area contributed by atoms with Crippen LogP contribution in [-0.2, 0) is 0 Å². The van der Waals surface area contributed by atoms with Gasteiger partial charge in [-0.05, 0) is 53.9 Å². The molecule has 2 fully saturated rings. The van der Waals surface area contributed by atoms with E-state index in [0.717, 1.165) is 17.0 Å². The van der Waals surface area contributed by atoms with Crippen LogP contribution < -0.4 is 11.0 Å². The van der Waals surface area contributed by atoms with Gasteiger partial charge < -0.3 is 5.73 Å². The Morgan fingerprint density at radius 1 is 0.654 bits per heavy atom. The van der Waals surface area contributed by atoms with Crippen LogP contribution in [0.5, 0.6) is 0 Å². The van der Waals surface area contributed by atoms with E-state index in [4.69, 9.17) is 5.73 Å². The summed E-state index contributed by atoms with van der Waals surface area (Å²) in [5.74, 6) is 0. The van der Waals surface area contributed by atoms with Gasteiger partial charge in [0, 0.05) is 11.3 Å². The molecular weight excluding hydrogens is 333 g/mol. The van der Waals surface area contributed by atoms with Crippen LogP contribution in [0.4, 0.5) is 5.69 Å². The summed E-state index contributed by atoms with van der Waals surface area (Å²) in [5, 5.41) is 1.60. The third-order valence-corrected chi connectivity index (χ3v) is 9.89. The van der Waals surface area contributed by atoms with Gasteiger partial charge in [0.05, 0.1) is 0 Å². The first-order valence-corrected chi connectivity index (χ1v) is 12.0. The van der Waals surface area contributed by atoms with E-state index in [0.29, 0.717) is 0 Å². The molecule has 2 aromatic carbocycles. The van der Waals surface area contributed by atoms with Gasteiger partial charge in [-0.3, -0.25) is 0 Å². The van der Waals surface area contributed by atoms with Gasteiger partial charge in [-0.25, -0.2) is 0 Å². The maximum Gasteiger partial charge on any atom is 0.0400 e. The van der Waals surface area contributed by atoms with E-state index in [-0.39, 0.29) is 7.92 Å². The molecule has 0 bridgehead atoms. The molecule has 2 aliphatic rings. The number of nitrogen functional groups attached to an aromatic ring is 1. The van der Waals surface area contributed by atoms with Crippen LogP contribution in [0.2, 0.25) is 0 Å². The van der Waals surface area contributed by atoms with Gasteiger partial charge in [-0.2, -0.15) is 0 Å². The molecule has 2 aliphatic carbocycles. The first kappa shape index (κ1) is 18.1. The molecule has 2 heteroatoms. The van der Waals surface area contributed by atoms with Crippen LogP contribution in [-0.4, -0.2) is 11.3 Å². The Balaban J connectivity index is 1.79. The SMILES string of the molecule is Nc1cccc(P(C2CCCCC2)C2CCCCC2)c1-c1ccccc1. The quantitative estimate of drug-likeness (QED) is 0.473. The average Bonchev–Trinajstić information content (AvgIpc) is 2.71. The molecule has 26 heavy (non-hydrogen) atoms. The van der Waals surface area contributed by atoms with Crippen LogP contribution in [0, 0.1) is 0 Å². The molecule has 0 amide bonds. The van der Waals surface area contributed by atoms with Crippen molar-refractivity contribution in [1.82, 2.24) is 0 Å². The molecule has 2 saturated carbocycles. The first-order valence-electron chi connectivity index (χ1n) is 10.6. The second kappa shape index (κ2) is 8.57. The predicted molar refractivity (Wildman–Crippen MR) is 117 cm³/mol. The zero-order valence-corrected chi connectivity index (χ0v) is 16.8. The summed E-state index contributed by atoms with van der Waals surface area (Å²) in [4.78, 5) is 0. The molecule has 0 atom stereocenters. The van der Waals surface area contributed by atoms with Crippen molar-refractivity contribution < 1.29 is 0 Å². The second-order valence-corrected chi connectivity index (χ2v) is 10.9. The molecule has 2 aromatic rings. The minimum absolute atomic E-state index is 0.133. The van der Waals surface area contributed by atoms with E-state index in [2.05, 4.69) is 48.5 Å². The summed E-state index contributed by atoms with van der Waals surface area (Å²) in [6.07, 6.45) is 14.3. The van der Waals surface area contributed by atoms with Crippen LogP contribution in [0.25, 0.3) is 11.1 Å². The molecule has 0 aliphatic heterocycles. The summed E-state index contributed by atoms with van der Waals surface area (Å²) < 4.78 is 0. The molecule has 2 N–H and O–H groups in total. The summed E-state index contributed by atoms with van der Waals surface area (Å²) in [6.45, 7) is 0. The zero-order chi connectivity index (χ0) is 17.8. The molecular formula is C24H32NP. The minimum Gasteiger partial charge on any atom is -0.398 e. The third-order valence-electron chi connectivity index (χ3n) is 6.35. The molecule has 0 unspecified atom stereocenters. The van der Waals surface area contributed by atoms with Crippen molar-refractivity contribution in [2.75, 3.05) is 5.73 Å². The van der Waals surface area contributed by atoms with Crippen molar-refractivity contribution in [2.45, 2.75) is 75.5 Å². The van der Waals surface area contributed by atoms with E-state index in [1.54, 1.807) is 5.30 Å². The van der Waals surface area contributed by atoms with Crippen LogP contribution in [0.3, 0.4) is 0 Å². The lowest BCUT2D eigenvalue weighted by Gasteiger charge is -2.39. The molecule has 4 rings (SSSR count). The number of hydrogen-bond donors (Lipinski definition) is 1. The molecule has 0 spiro atoms. The highest BCUT2D eigenvalue weighted by Gasteiger charge is 2.34. The van der Waals surface area contributed by atoms with Crippen molar-refractivity contribution >= 4 is 18.9 Å². The summed E-state index contributed by atoms with van der Waals surface area (Å²) >= 11 is 0. The summed E-state index contributed by atoms with van der Waals surface area (Å²) in [6, 6.07) is 17.6. The Morgan fingerprint density at radius 3 is 1.81 bits per heavy atom. The highest BCUT2D eigenvalue weighted by molar-refractivity contribution is 7.67. The van der Waals surface area contributed by atoms with E-state index in [1.807, 2.05) is 0 Å². The Kier molecular flexibility index (Phi) is 5.95. The largest absolute Gasteiger partial charge is 0.398 e. The fourth-order valence-corrected chi connectivity index (χ4v) is 9.10. The van der Waals surface area contributed by atoms with Crippen LogP contribution in [0.1, 0.15) is 64.2 Å². The maximum atomic E-state index is 6.56. The second-order valence-electron chi connectivity index (χ2n) is 8.10. The van der Waals surface area contributed by atoms with Crippen molar-refractivity contribution in [1.29, 1.82) is 0 Å². The Morgan fingerprint density at radius 2 is 1.23 bits per heavy atom. The van der Waals surface area contributed by atoms with Gasteiger partial charge in [-0.15, -0.1) is 0 Å². The van der Waals surface area contributed by atoms with Gasteiger partial charge >= 0.3 is 0 Å². The number of rotatable bonds is 4. The number of hydrogen-bond acceptors (Lipinski definition) is 1. The van der Waals surface area contributed by atoms with Gasteiger partial charge in [0.25, 0.3) is 0 Å². The summed E-state index contributed by atoms with van der Waals surface area (Å²) in [5.41, 5.74) is 12.0. The molecule has 0 heterocycles. The average molecular weight is 366 g/mol.